The molecule has 0 spiro atoms. The van der Waals surface area contributed by atoms with Crippen LogP contribution in [0.3, 0.4) is 0 Å². The standard InChI is InChI=1S/C24H36O4/c1-3-5-6-7-8-9-13-17-23(25)28-21-18-26-24(27-19-21)22(14-4-2)20-15-11-10-12-16-20/h10-12,14-16,21,24H,3-9,13,17-19H2,1-2H3/b22-14+. The summed E-state index contributed by atoms with van der Waals surface area (Å²) < 4.78 is 17.3. The normalized spacial score (nSPS) is 20.1. The van der Waals surface area contributed by atoms with E-state index in [0.717, 1.165) is 30.4 Å². The van der Waals surface area contributed by atoms with Crippen molar-refractivity contribution < 1.29 is 19.0 Å². The van der Waals surface area contributed by atoms with Gasteiger partial charge in [-0.3, -0.25) is 4.79 Å². The Labute approximate surface area is 170 Å². The van der Waals surface area contributed by atoms with Crippen LogP contribution in [0.4, 0.5) is 0 Å². The molecular formula is C24H36O4. The van der Waals surface area contributed by atoms with Crippen molar-refractivity contribution in [1.82, 2.24) is 0 Å². The van der Waals surface area contributed by atoms with Crippen LogP contribution in [0.1, 0.15) is 77.2 Å². The van der Waals surface area contributed by atoms with Crippen molar-refractivity contribution in [3.05, 3.63) is 42.0 Å². The zero-order valence-electron chi connectivity index (χ0n) is 17.5. The first-order chi connectivity index (χ1) is 13.7. The Morgan fingerprint density at radius 2 is 1.64 bits per heavy atom. The molecule has 1 heterocycles. The first-order valence-corrected chi connectivity index (χ1v) is 10.9. The lowest BCUT2D eigenvalue weighted by Crippen LogP contribution is -2.39. The maximum atomic E-state index is 12.0. The maximum absolute atomic E-state index is 12.0. The Balaban J connectivity index is 1.67. The summed E-state index contributed by atoms with van der Waals surface area (Å²) in [5, 5.41) is 0. The van der Waals surface area contributed by atoms with E-state index in [1.807, 2.05) is 18.2 Å². The Morgan fingerprint density at radius 3 is 2.29 bits per heavy atom. The van der Waals surface area contributed by atoms with E-state index in [1.165, 1.54) is 32.1 Å². The fourth-order valence-electron chi connectivity index (χ4n) is 3.41. The van der Waals surface area contributed by atoms with Crippen LogP contribution < -0.4 is 0 Å². The van der Waals surface area contributed by atoms with Crippen molar-refractivity contribution in [2.24, 2.45) is 0 Å². The molecule has 1 fully saturated rings. The van der Waals surface area contributed by atoms with Crippen molar-refractivity contribution in [1.29, 1.82) is 0 Å². The van der Waals surface area contributed by atoms with E-state index < -0.39 is 6.29 Å². The summed E-state index contributed by atoms with van der Waals surface area (Å²) >= 11 is 0. The maximum Gasteiger partial charge on any atom is 0.306 e. The number of allylic oxidation sites excluding steroid dienone is 1. The fraction of sp³-hybridized carbons (Fsp3) is 0.625. The molecule has 4 nitrogen and oxygen atoms in total. The molecule has 1 aliphatic heterocycles. The molecule has 1 aromatic rings. The van der Waals surface area contributed by atoms with Crippen molar-refractivity contribution in [2.75, 3.05) is 13.2 Å². The monoisotopic (exact) mass is 388 g/mol. The van der Waals surface area contributed by atoms with E-state index in [-0.39, 0.29) is 12.1 Å². The second-order valence-corrected chi connectivity index (χ2v) is 7.42. The quantitative estimate of drug-likeness (QED) is 0.330. The van der Waals surface area contributed by atoms with Crippen molar-refractivity contribution >= 4 is 11.5 Å². The van der Waals surface area contributed by atoms with Crippen LogP contribution in [0.15, 0.2) is 36.4 Å². The van der Waals surface area contributed by atoms with Crippen LogP contribution in [-0.2, 0) is 19.0 Å². The predicted octanol–water partition coefficient (Wildman–Crippen LogP) is 5.91. The van der Waals surface area contributed by atoms with Gasteiger partial charge in [-0.05, 0) is 18.4 Å². The molecule has 2 rings (SSSR count). The van der Waals surface area contributed by atoms with E-state index in [0.29, 0.717) is 19.6 Å². The molecule has 0 unspecified atom stereocenters. The molecule has 0 bridgehead atoms. The van der Waals surface area contributed by atoms with Crippen LogP contribution in [-0.4, -0.2) is 31.6 Å². The smallest absolute Gasteiger partial charge is 0.306 e. The number of ether oxygens (including phenoxy) is 3. The Kier molecular flexibility index (Phi) is 10.9. The van der Waals surface area contributed by atoms with Crippen LogP contribution in [0.5, 0.6) is 0 Å². The number of esters is 1. The van der Waals surface area contributed by atoms with Gasteiger partial charge in [0, 0.05) is 12.0 Å². The average Bonchev–Trinajstić information content (AvgIpc) is 2.73. The highest BCUT2D eigenvalue weighted by Gasteiger charge is 2.27. The zero-order valence-corrected chi connectivity index (χ0v) is 17.5. The lowest BCUT2D eigenvalue weighted by molar-refractivity contribution is -0.204. The summed E-state index contributed by atoms with van der Waals surface area (Å²) in [5.41, 5.74) is 2.14. The van der Waals surface area contributed by atoms with Gasteiger partial charge in [0.15, 0.2) is 6.29 Å². The first kappa shape index (κ1) is 22.6. The minimum Gasteiger partial charge on any atom is -0.457 e. The van der Waals surface area contributed by atoms with Crippen LogP contribution in [0.2, 0.25) is 0 Å². The predicted molar refractivity (Wildman–Crippen MR) is 113 cm³/mol. The summed E-state index contributed by atoms with van der Waals surface area (Å²) in [5.74, 6) is -0.142. The summed E-state index contributed by atoms with van der Waals surface area (Å²) in [4.78, 5) is 12.0. The molecule has 1 aromatic carbocycles. The molecule has 0 amide bonds. The van der Waals surface area contributed by atoms with E-state index in [1.54, 1.807) is 0 Å². The molecule has 0 radical (unpaired) electrons. The number of hydrogen-bond donors (Lipinski definition) is 0. The second-order valence-electron chi connectivity index (χ2n) is 7.42. The average molecular weight is 389 g/mol. The minimum absolute atomic E-state index is 0.142. The lowest BCUT2D eigenvalue weighted by Gasteiger charge is -2.30. The van der Waals surface area contributed by atoms with Crippen LogP contribution in [0, 0.1) is 0 Å². The largest absolute Gasteiger partial charge is 0.457 e. The zero-order chi connectivity index (χ0) is 20.0. The Hall–Kier alpha value is -1.65. The second kappa shape index (κ2) is 13.5. The van der Waals surface area contributed by atoms with Crippen molar-refractivity contribution in [3.63, 3.8) is 0 Å². The number of hydrogen-bond acceptors (Lipinski definition) is 4. The summed E-state index contributed by atoms with van der Waals surface area (Å²) in [6.45, 7) is 5.07. The van der Waals surface area contributed by atoms with E-state index in [4.69, 9.17) is 14.2 Å². The van der Waals surface area contributed by atoms with Crippen LogP contribution in [0.25, 0.3) is 5.57 Å². The molecule has 0 saturated carbocycles. The van der Waals surface area contributed by atoms with Gasteiger partial charge in [0.1, 0.15) is 6.10 Å². The molecule has 0 aromatic heterocycles. The number of unbranched alkanes of at least 4 members (excludes halogenated alkanes) is 6. The molecule has 1 saturated heterocycles. The first-order valence-electron chi connectivity index (χ1n) is 10.9. The highest BCUT2D eigenvalue weighted by atomic mass is 16.7. The summed E-state index contributed by atoms with van der Waals surface area (Å²) in [6, 6.07) is 10.1. The molecule has 28 heavy (non-hydrogen) atoms. The van der Waals surface area contributed by atoms with E-state index >= 15 is 0 Å². The molecule has 0 N–H and O–H groups in total. The Morgan fingerprint density at radius 1 is 1.00 bits per heavy atom. The van der Waals surface area contributed by atoms with E-state index in [2.05, 4.69) is 32.1 Å². The fourth-order valence-corrected chi connectivity index (χ4v) is 3.41. The number of rotatable bonds is 12. The van der Waals surface area contributed by atoms with Crippen molar-refractivity contribution in [3.8, 4) is 0 Å². The third-order valence-electron chi connectivity index (χ3n) is 4.93. The van der Waals surface area contributed by atoms with Gasteiger partial charge in [-0.2, -0.15) is 0 Å². The molecule has 0 aliphatic carbocycles. The SMILES string of the molecule is CC/C=C(\c1ccccc1)C1OCC(OC(=O)CCCCCCCCC)CO1. The van der Waals surface area contributed by atoms with Gasteiger partial charge in [0.05, 0.1) is 13.2 Å². The van der Waals surface area contributed by atoms with Gasteiger partial charge in [0.25, 0.3) is 0 Å². The van der Waals surface area contributed by atoms with Crippen molar-refractivity contribution in [2.45, 2.75) is 84.0 Å². The summed E-state index contributed by atoms with van der Waals surface area (Å²) in [6.07, 6.45) is 11.2. The molecule has 1 aliphatic rings. The number of benzene rings is 1. The highest BCUT2D eigenvalue weighted by Crippen LogP contribution is 2.25. The van der Waals surface area contributed by atoms with E-state index in [9.17, 15) is 4.79 Å². The lowest BCUT2D eigenvalue weighted by atomic mass is 10.0. The third kappa shape index (κ3) is 8.15. The van der Waals surface area contributed by atoms with Gasteiger partial charge in [-0.15, -0.1) is 0 Å². The van der Waals surface area contributed by atoms with Gasteiger partial charge in [-0.25, -0.2) is 0 Å². The number of carbonyl (C=O) groups excluding carboxylic acids is 1. The van der Waals surface area contributed by atoms with Gasteiger partial charge in [-0.1, -0.05) is 88.8 Å². The number of carbonyl (C=O) groups is 1. The highest BCUT2D eigenvalue weighted by molar-refractivity contribution is 5.69. The topological polar surface area (TPSA) is 44.8 Å². The summed E-state index contributed by atoms with van der Waals surface area (Å²) in [7, 11) is 0. The molecule has 4 heteroatoms. The Bertz CT molecular complexity index is 574. The molecular weight excluding hydrogens is 352 g/mol. The van der Waals surface area contributed by atoms with Gasteiger partial charge >= 0.3 is 5.97 Å². The molecule has 156 valence electrons. The minimum atomic E-state index is -0.402. The van der Waals surface area contributed by atoms with Crippen LogP contribution >= 0.6 is 0 Å². The van der Waals surface area contributed by atoms with Gasteiger partial charge < -0.3 is 14.2 Å². The van der Waals surface area contributed by atoms with Gasteiger partial charge in [0.2, 0.25) is 0 Å². The molecule has 0 atom stereocenters. The third-order valence-corrected chi connectivity index (χ3v) is 4.93.